The minimum atomic E-state index is -0.320. The van der Waals surface area contributed by atoms with E-state index in [4.69, 9.17) is 4.74 Å². The molecule has 0 radical (unpaired) electrons. The van der Waals surface area contributed by atoms with Crippen molar-refractivity contribution in [3.8, 4) is 11.4 Å². The number of amides is 1. The van der Waals surface area contributed by atoms with Gasteiger partial charge in [-0.15, -0.1) is 0 Å². The zero-order valence-corrected chi connectivity index (χ0v) is 18.3. The van der Waals surface area contributed by atoms with Crippen LogP contribution in [0.25, 0.3) is 11.8 Å². The number of ether oxygens (including phenoxy) is 1. The largest absolute Gasteiger partial charge is 0.493 e. The number of likely N-dealkylation sites (tertiary alicyclic amines) is 1. The van der Waals surface area contributed by atoms with Gasteiger partial charge in [0.2, 0.25) is 5.91 Å². The third-order valence-electron chi connectivity index (χ3n) is 6.29. The molecule has 1 fully saturated rings. The minimum absolute atomic E-state index is 0.0605. The van der Waals surface area contributed by atoms with E-state index in [1.807, 2.05) is 41.1 Å². The standard InChI is InChI=1S/C26H26FN3O2/c1-17-12-19(5-8-23(17)29-15-18(2)28-16-29)13-20-4-3-10-30(26(20)31)24-9-11-32-25-14-21(27)6-7-22(24)25/h5-8,12-16,24H,3-4,9-11H2,1-2H3/b20-13+/t24-/m0/s1. The lowest BCUT2D eigenvalue weighted by molar-refractivity contribution is -0.131. The van der Waals surface area contributed by atoms with E-state index in [0.29, 0.717) is 18.9 Å². The van der Waals surface area contributed by atoms with Crippen LogP contribution < -0.4 is 4.74 Å². The molecular formula is C26H26FN3O2. The molecule has 5 nitrogen and oxygen atoms in total. The first-order valence-electron chi connectivity index (χ1n) is 11.0. The third kappa shape index (κ3) is 3.81. The second-order valence-electron chi connectivity index (χ2n) is 8.58. The number of hydrogen-bond donors (Lipinski definition) is 0. The van der Waals surface area contributed by atoms with Crippen molar-refractivity contribution in [2.45, 2.75) is 39.2 Å². The van der Waals surface area contributed by atoms with Crippen molar-refractivity contribution in [1.29, 1.82) is 0 Å². The second kappa shape index (κ2) is 8.26. The predicted molar refractivity (Wildman–Crippen MR) is 121 cm³/mol. The van der Waals surface area contributed by atoms with Crippen LogP contribution in [0.15, 0.2) is 54.5 Å². The van der Waals surface area contributed by atoms with Crippen LogP contribution in [0.5, 0.6) is 5.75 Å². The summed E-state index contributed by atoms with van der Waals surface area (Å²) < 4.78 is 21.3. The molecule has 2 aliphatic rings. The topological polar surface area (TPSA) is 47.4 Å². The average Bonchev–Trinajstić information content (AvgIpc) is 3.20. The molecule has 0 spiro atoms. The predicted octanol–water partition coefficient (Wildman–Crippen LogP) is 5.16. The molecule has 2 aliphatic heterocycles. The Morgan fingerprint density at radius 1 is 1.19 bits per heavy atom. The summed E-state index contributed by atoms with van der Waals surface area (Å²) in [6.07, 6.45) is 8.22. The molecule has 1 aromatic heterocycles. The van der Waals surface area contributed by atoms with Gasteiger partial charge in [-0.2, -0.15) is 0 Å². The second-order valence-corrected chi connectivity index (χ2v) is 8.58. The van der Waals surface area contributed by atoms with E-state index < -0.39 is 0 Å². The van der Waals surface area contributed by atoms with Crippen molar-refractivity contribution in [3.05, 3.63) is 82.7 Å². The van der Waals surface area contributed by atoms with Gasteiger partial charge in [0.05, 0.1) is 24.7 Å². The zero-order valence-electron chi connectivity index (χ0n) is 18.3. The van der Waals surface area contributed by atoms with Crippen LogP contribution in [0.2, 0.25) is 0 Å². The molecule has 1 amide bonds. The summed E-state index contributed by atoms with van der Waals surface area (Å²) in [6.45, 7) is 5.23. The summed E-state index contributed by atoms with van der Waals surface area (Å²) in [6, 6.07) is 10.7. The number of hydrogen-bond acceptors (Lipinski definition) is 3. The lowest BCUT2D eigenvalue weighted by Gasteiger charge is -2.38. The van der Waals surface area contributed by atoms with Crippen LogP contribution in [0, 0.1) is 19.7 Å². The summed E-state index contributed by atoms with van der Waals surface area (Å²) in [7, 11) is 0. The fourth-order valence-corrected chi connectivity index (χ4v) is 4.74. The van der Waals surface area contributed by atoms with Crippen molar-refractivity contribution in [3.63, 3.8) is 0 Å². The molecule has 0 bridgehead atoms. The highest BCUT2D eigenvalue weighted by Gasteiger charge is 2.33. The van der Waals surface area contributed by atoms with Crippen LogP contribution in [0.1, 0.15) is 47.7 Å². The van der Waals surface area contributed by atoms with Crippen molar-refractivity contribution < 1.29 is 13.9 Å². The molecule has 164 valence electrons. The van der Waals surface area contributed by atoms with Gasteiger partial charge in [0.25, 0.3) is 0 Å². The molecule has 0 aliphatic carbocycles. The highest BCUT2D eigenvalue weighted by atomic mass is 19.1. The van der Waals surface area contributed by atoms with E-state index >= 15 is 0 Å². The van der Waals surface area contributed by atoms with Crippen LogP contribution in [-0.4, -0.2) is 33.5 Å². The molecule has 3 heterocycles. The van der Waals surface area contributed by atoms with Crippen LogP contribution in [0.3, 0.4) is 0 Å². The summed E-state index contributed by atoms with van der Waals surface area (Å²) in [4.78, 5) is 19.7. The molecular weight excluding hydrogens is 405 g/mol. The van der Waals surface area contributed by atoms with Gasteiger partial charge in [0.1, 0.15) is 11.6 Å². The number of aryl methyl sites for hydroxylation is 2. The van der Waals surface area contributed by atoms with Crippen LogP contribution in [0.4, 0.5) is 4.39 Å². The number of aromatic nitrogens is 2. The fourth-order valence-electron chi connectivity index (χ4n) is 4.74. The van der Waals surface area contributed by atoms with Crippen molar-refractivity contribution in [1.82, 2.24) is 14.5 Å². The molecule has 2 aromatic carbocycles. The maximum absolute atomic E-state index is 13.6. The average molecular weight is 432 g/mol. The van der Waals surface area contributed by atoms with Gasteiger partial charge in [-0.1, -0.05) is 12.1 Å². The first kappa shape index (κ1) is 20.5. The Morgan fingerprint density at radius 3 is 2.84 bits per heavy atom. The minimum Gasteiger partial charge on any atom is -0.493 e. The van der Waals surface area contributed by atoms with Gasteiger partial charge >= 0.3 is 0 Å². The van der Waals surface area contributed by atoms with E-state index in [-0.39, 0.29) is 17.8 Å². The van der Waals surface area contributed by atoms with Crippen LogP contribution >= 0.6 is 0 Å². The summed E-state index contributed by atoms with van der Waals surface area (Å²) in [5, 5.41) is 0. The van der Waals surface area contributed by atoms with Crippen LogP contribution in [-0.2, 0) is 4.79 Å². The Morgan fingerprint density at radius 2 is 2.06 bits per heavy atom. The number of rotatable bonds is 3. The van der Waals surface area contributed by atoms with Crippen molar-refractivity contribution >= 4 is 12.0 Å². The first-order valence-corrected chi connectivity index (χ1v) is 11.0. The monoisotopic (exact) mass is 431 g/mol. The van der Waals surface area contributed by atoms with E-state index in [9.17, 15) is 9.18 Å². The first-order chi connectivity index (χ1) is 15.5. The Bertz CT molecular complexity index is 1210. The van der Waals surface area contributed by atoms with Gasteiger partial charge in [0.15, 0.2) is 0 Å². The highest BCUT2D eigenvalue weighted by Crippen LogP contribution is 2.39. The maximum atomic E-state index is 13.6. The number of nitrogens with zero attached hydrogens (tertiary/aromatic N) is 3. The molecule has 1 atom stereocenters. The SMILES string of the molecule is Cc1cn(-c2ccc(/C=C3\CCCN([C@H]4CCOc5cc(F)ccc54)C3=O)cc2C)cn1. The molecule has 5 rings (SSSR count). The Hall–Kier alpha value is -3.41. The Balaban J connectivity index is 1.41. The molecule has 0 saturated carbocycles. The number of benzene rings is 2. The van der Waals surface area contributed by atoms with Crippen molar-refractivity contribution in [2.24, 2.45) is 0 Å². The zero-order chi connectivity index (χ0) is 22.2. The molecule has 0 unspecified atom stereocenters. The van der Waals surface area contributed by atoms with Gasteiger partial charge in [-0.25, -0.2) is 9.37 Å². The van der Waals surface area contributed by atoms with Crippen molar-refractivity contribution in [2.75, 3.05) is 13.2 Å². The number of imidazole rings is 1. The van der Waals surface area contributed by atoms with Gasteiger partial charge in [0, 0.05) is 42.1 Å². The molecule has 0 N–H and O–H groups in total. The van der Waals surface area contributed by atoms with E-state index in [1.165, 1.54) is 12.1 Å². The molecule has 32 heavy (non-hydrogen) atoms. The lowest BCUT2D eigenvalue weighted by atomic mass is 9.93. The van der Waals surface area contributed by atoms with Gasteiger partial charge < -0.3 is 14.2 Å². The number of carbonyl (C=O) groups excluding carboxylic acids is 1. The quantitative estimate of drug-likeness (QED) is 0.539. The number of carbonyl (C=O) groups is 1. The summed E-state index contributed by atoms with van der Waals surface area (Å²) in [5.74, 6) is 0.288. The normalized spacial score (nSPS) is 19.7. The third-order valence-corrected chi connectivity index (χ3v) is 6.29. The smallest absolute Gasteiger partial charge is 0.250 e. The van der Waals surface area contributed by atoms with Gasteiger partial charge in [-0.3, -0.25) is 4.79 Å². The van der Waals surface area contributed by atoms with E-state index in [0.717, 1.165) is 52.9 Å². The number of piperidine rings is 1. The van der Waals surface area contributed by atoms with E-state index in [1.54, 1.807) is 6.07 Å². The summed E-state index contributed by atoms with van der Waals surface area (Å²) >= 11 is 0. The molecule has 6 heteroatoms. The summed E-state index contributed by atoms with van der Waals surface area (Å²) in [5.41, 5.74) is 5.90. The lowest BCUT2D eigenvalue weighted by Crippen LogP contribution is -2.41. The Kier molecular flexibility index (Phi) is 5.29. The molecule has 1 saturated heterocycles. The molecule has 3 aromatic rings. The number of halogens is 1. The number of fused-ring (bicyclic) bond motifs is 1. The maximum Gasteiger partial charge on any atom is 0.250 e. The van der Waals surface area contributed by atoms with E-state index in [2.05, 4.69) is 24.0 Å². The highest BCUT2D eigenvalue weighted by molar-refractivity contribution is 5.98. The Labute approximate surface area is 187 Å². The van der Waals surface area contributed by atoms with Gasteiger partial charge in [-0.05, 0) is 62.1 Å². The fraction of sp³-hybridized carbons (Fsp3) is 0.308.